The number of methoxy groups -OCH3 is 1. The van der Waals surface area contributed by atoms with Crippen molar-refractivity contribution in [2.75, 3.05) is 39.8 Å². The Bertz CT molecular complexity index is 1880. The molecule has 6 rings (SSSR count). The Morgan fingerprint density at radius 3 is 2.16 bits per heavy atom. The fourth-order valence-electron chi connectivity index (χ4n) is 7.09. The number of aromatic nitrogens is 1. The van der Waals surface area contributed by atoms with Crippen molar-refractivity contribution in [3.05, 3.63) is 78.0 Å². The molecule has 50 heavy (non-hydrogen) atoms. The fourth-order valence-corrected chi connectivity index (χ4v) is 7.09. The summed E-state index contributed by atoms with van der Waals surface area (Å²) in [5.74, 6) is -3.10. The van der Waals surface area contributed by atoms with Crippen molar-refractivity contribution in [2.24, 2.45) is 5.41 Å². The van der Waals surface area contributed by atoms with Crippen LogP contribution in [0.1, 0.15) is 24.0 Å². The molecule has 8 nitrogen and oxygen atoms in total. The van der Waals surface area contributed by atoms with Gasteiger partial charge in [0.15, 0.2) is 0 Å². The lowest BCUT2D eigenvalue weighted by Crippen LogP contribution is -2.59. The number of likely N-dealkylation sites (tertiary alicyclic amines) is 2. The average Bonchev–Trinajstić information content (AvgIpc) is 3.04. The van der Waals surface area contributed by atoms with E-state index in [1.54, 1.807) is 31.4 Å². The quantitative estimate of drug-likeness (QED) is 0.190. The van der Waals surface area contributed by atoms with E-state index in [-0.39, 0.29) is 12.5 Å². The zero-order chi connectivity index (χ0) is 35.8. The number of piperidine rings is 1. The summed E-state index contributed by atoms with van der Waals surface area (Å²) in [5.41, 5.74) is -0.00740. The summed E-state index contributed by atoms with van der Waals surface area (Å²) in [4.78, 5) is 33.6. The van der Waals surface area contributed by atoms with Crippen molar-refractivity contribution >= 4 is 33.4 Å². The molecule has 2 aliphatic heterocycles. The Labute approximate surface area is 284 Å². The molecule has 1 amide bonds. The monoisotopic (exact) mass is 702 g/mol. The number of aliphatic carboxylic acids is 1. The molecule has 0 bridgehead atoms. The smallest absolute Gasteiger partial charge is 0.403 e. The largest absolute Gasteiger partial charge is 0.480 e. The summed E-state index contributed by atoms with van der Waals surface area (Å²) in [6, 6.07) is 16.8. The van der Waals surface area contributed by atoms with Gasteiger partial charge in [0.1, 0.15) is 11.5 Å². The summed E-state index contributed by atoms with van der Waals surface area (Å²) >= 11 is 0. The predicted octanol–water partition coefficient (Wildman–Crippen LogP) is 6.20. The lowest BCUT2D eigenvalue weighted by Gasteiger charge is -2.42. The highest BCUT2D eigenvalue weighted by Gasteiger charge is 2.61. The molecule has 2 aliphatic rings. The molecule has 14 heteroatoms. The van der Waals surface area contributed by atoms with Crippen LogP contribution in [0.15, 0.2) is 66.9 Å². The van der Waals surface area contributed by atoms with Crippen molar-refractivity contribution in [3.8, 4) is 11.3 Å². The Hall–Kier alpha value is -4.27. The molecule has 0 aliphatic carbocycles. The van der Waals surface area contributed by atoms with Crippen molar-refractivity contribution in [1.82, 2.24) is 20.1 Å². The molecule has 2 saturated heterocycles. The van der Waals surface area contributed by atoms with Gasteiger partial charge < -0.3 is 15.2 Å². The first-order valence-electron chi connectivity index (χ1n) is 16.2. The first-order valence-corrected chi connectivity index (χ1v) is 16.2. The van der Waals surface area contributed by atoms with Crippen molar-refractivity contribution in [3.63, 3.8) is 0 Å². The first kappa shape index (κ1) is 35.6. The molecule has 1 aromatic heterocycles. The lowest BCUT2D eigenvalue weighted by molar-refractivity contribution is -0.236. The van der Waals surface area contributed by atoms with Crippen LogP contribution in [0.25, 0.3) is 32.8 Å². The number of hydrogen-bond acceptors (Lipinski definition) is 6. The van der Waals surface area contributed by atoms with Gasteiger partial charge in [0.2, 0.25) is 5.91 Å². The van der Waals surface area contributed by atoms with E-state index >= 15 is 0 Å². The number of amides is 1. The number of carbonyl (C=O) groups is 2. The number of nitrogens with zero attached hydrogens (tertiary/aromatic N) is 3. The molecule has 0 saturated carbocycles. The van der Waals surface area contributed by atoms with Crippen LogP contribution in [0.3, 0.4) is 0 Å². The molecule has 2 fully saturated rings. The molecule has 1 atom stereocenters. The molecule has 4 aromatic rings. The zero-order valence-corrected chi connectivity index (χ0v) is 27.2. The van der Waals surface area contributed by atoms with Gasteiger partial charge >= 0.3 is 18.3 Å². The van der Waals surface area contributed by atoms with Crippen LogP contribution in [0, 0.1) is 5.41 Å². The van der Waals surface area contributed by atoms with Gasteiger partial charge in [0.05, 0.1) is 18.3 Å². The Morgan fingerprint density at radius 1 is 0.900 bits per heavy atom. The highest BCUT2D eigenvalue weighted by Crippen LogP contribution is 2.47. The van der Waals surface area contributed by atoms with E-state index in [0.717, 1.165) is 45.3 Å². The van der Waals surface area contributed by atoms with Crippen molar-refractivity contribution < 1.29 is 45.8 Å². The van der Waals surface area contributed by atoms with Crippen molar-refractivity contribution in [1.29, 1.82) is 0 Å². The summed E-state index contributed by atoms with van der Waals surface area (Å²) in [6.07, 6.45) is -9.83. The Kier molecular flexibility index (Phi) is 9.81. The molecule has 0 unspecified atom stereocenters. The molecular weight excluding hydrogens is 666 g/mol. The van der Waals surface area contributed by atoms with Gasteiger partial charge in [0, 0.05) is 50.3 Å². The molecule has 2 N–H and O–H groups in total. The maximum Gasteiger partial charge on any atom is 0.403 e. The second-order valence-electron chi connectivity index (χ2n) is 13.1. The van der Waals surface area contributed by atoms with Gasteiger partial charge in [-0.15, -0.1) is 0 Å². The van der Waals surface area contributed by atoms with Gasteiger partial charge in [-0.1, -0.05) is 60.7 Å². The minimum atomic E-state index is -5.11. The molecule has 3 aromatic carbocycles. The number of nitrogens with one attached hydrogen (secondary N) is 1. The maximum atomic E-state index is 14.4. The SMILES string of the molecule is COC1CN(Cc2cnc(-c3cccc4c(C[C@H](NC(=O)C5(C(F)(F)F)CCN(CC(F)(F)F)CC5)C(=O)O)cccc34)c3ccccc23)C1. The number of pyridine rings is 1. The molecule has 3 heterocycles. The standard InChI is InChI=1S/C36H36F6N4O4/c1-50-24-19-46(20-24)18-23-17-43-31(28-8-3-2-7-26(23)28)29-11-5-9-25-22(6-4-10-27(25)29)16-30(32(47)48)44-33(49)34(36(40,41)42)12-14-45(15-13-34)21-35(37,38)39/h2-11,17,24,30H,12-16,18-21H2,1H3,(H,44,49)(H,47,48)/t30-/m0/s1. The number of carboxylic acids is 1. The first-order chi connectivity index (χ1) is 23.7. The number of carbonyl (C=O) groups excluding carboxylic acids is 1. The average molecular weight is 703 g/mol. The topological polar surface area (TPSA) is 95.0 Å². The number of alkyl halides is 6. The normalized spacial score (nSPS) is 18.2. The number of rotatable bonds is 10. The predicted molar refractivity (Wildman–Crippen MR) is 174 cm³/mol. The summed E-state index contributed by atoms with van der Waals surface area (Å²) in [7, 11) is 1.70. The van der Waals surface area contributed by atoms with Gasteiger partial charge in [0.25, 0.3) is 0 Å². The van der Waals surface area contributed by atoms with E-state index < -0.39 is 68.2 Å². The lowest BCUT2D eigenvalue weighted by atomic mass is 9.76. The van der Waals surface area contributed by atoms with E-state index in [4.69, 9.17) is 9.72 Å². The van der Waals surface area contributed by atoms with E-state index in [1.807, 2.05) is 42.6 Å². The van der Waals surface area contributed by atoms with Gasteiger partial charge in [-0.3, -0.25) is 19.6 Å². The van der Waals surface area contributed by atoms with Crippen LogP contribution < -0.4 is 5.32 Å². The third-order valence-corrected chi connectivity index (χ3v) is 9.91. The second kappa shape index (κ2) is 13.8. The van der Waals surface area contributed by atoms with E-state index in [1.165, 1.54) is 0 Å². The second-order valence-corrected chi connectivity index (χ2v) is 13.1. The molecule has 0 radical (unpaired) electrons. The minimum absolute atomic E-state index is 0.211. The Balaban J connectivity index is 1.27. The van der Waals surface area contributed by atoms with Gasteiger partial charge in [-0.05, 0) is 53.2 Å². The van der Waals surface area contributed by atoms with Crippen LogP contribution in [-0.4, -0.2) is 96.1 Å². The van der Waals surface area contributed by atoms with Gasteiger partial charge in [-0.25, -0.2) is 4.79 Å². The highest BCUT2D eigenvalue weighted by molar-refractivity contribution is 6.05. The zero-order valence-electron chi connectivity index (χ0n) is 27.2. The minimum Gasteiger partial charge on any atom is -0.480 e. The third-order valence-electron chi connectivity index (χ3n) is 9.91. The third kappa shape index (κ3) is 7.14. The molecule has 266 valence electrons. The van der Waals surface area contributed by atoms with Crippen LogP contribution in [-0.2, 0) is 27.3 Å². The Morgan fingerprint density at radius 2 is 1.52 bits per heavy atom. The van der Waals surface area contributed by atoms with E-state index in [2.05, 4.69) is 10.2 Å². The number of fused-ring (bicyclic) bond motifs is 2. The van der Waals surface area contributed by atoms with E-state index in [9.17, 15) is 41.0 Å². The highest BCUT2D eigenvalue weighted by atomic mass is 19.4. The molecular formula is C36H36F6N4O4. The van der Waals surface area contributed by atoms with Crippen LogP contribution in [0.2, 0.25) is 0 Å². The number of hydrogen-bond donors (Lipinski definition) is 2. The van der Waals surface area contributed by atoms with Crippen LogP contribution in [0.5, 0.6) is 0 Å². The molecule has 0 spiro atoms. The van der Waals surface area contributed by atoms with E-state index in [0.29, 0.717) is 23.2 Å². The summed E-state index contributed by atoms with van der Waals surface area (Å²) in [6.45, 7) is -0.273. The van der Waals surface area contributed by atoms with Gasteiger partial charge in [-0.2, -0.15) is 26.3 Å². The summed E-state index contributed by atoms with van der Waals surface area (Å²) in [5, 5.41) is 15.5. The number of ether oxygens (including phenoxy) is 1. The number of halogens is 6. The summed E-state index contributed by atoms with van der Waals surface area (Å²) < 4.78 is 87.2. The fraction of sp³-hybridized carbons (Fsp3) is 0.417. The maximum absolute atomic E-state index is 14.4. The number of carboxylic acid groups (broad SMARTS) is 1. The van der Waals surface area contributed by atoms with Crippen molar-refractivity contribution in [2.45, 2.75) is 50.3 Å². The van der Waals surface area contributed by atoms with Crippen LogP contribution in [0.4, 0.5) is 26.3 Å². The van der Waals surface area contributed by atoms with Crippen LogP contribution >= 0.6 is 0 Å². The number of benzene rings is 3.